The number of furan rings is 1. The number of rotatable bonds is 7. The number of esters is 1. The van der Waals surface area contributed by atoms with Crippen molar-refractivity contribution >= 4 is 34.3 Å². The second kappa shape index (κ2) is 9.84. The fourth-order valence-electron chi connectivity index (χ4n) is 4.32. The number of pyridine rings is 1. The second-order valence-corrected chi connectivity index (χ2v) is 8.91. The average Bonchev–Trinajstić information content (AvgIpc) is 3.50. The van der Waals surface area contributed by atoms with E-state index >= 15 is 0 Å². The number of hydrogen-bond donors (Lipinski definition) is 0. The number of para-hydroxylation sites is 1. The molecule has 0 bridgehead atoms. The lowest BCUT2D eigenvalue weighted by molar-refractivity contribution is 0.0476. The van der Waals surface area contributed by atoms with Crippen LogP contribution in [0.1, 0.15) is 37.9 Å². The lowest BCUT2D eigenvalue weighted by Crippen LogP contribution is -2.16. The van der Waals surface area contributed by atoms with Gasteiger partial charge in [0.25, 0.3) is 0 Å². The van der Waals surface area contributed by atoms with Crippen LogP contribution in [0, 0.1) is 13.8 Å². The maximum absolute atomic E-state index is 13.2. The summed E-state index contributed by atoms with van der Waals surface area (Å²) in [6.45, 7) is 3.95. The standard InChI is InChI=1S/C29H23ClN2O4/c1-18-14-23(19(2)32(18)16-20-8-7-13-35-20)28(33)17-36-29(34)24-15-27(22-10-3-5-11-25(22)30)31-26-12-6-4-9-21(24)26/h3-15H,16-17H2,1-2H3. The van der Waals surface area contributed by atoms with Crippen LogP contribution >= 0.6 is 11.6 Å². The van der Waals surface area contributed by atoms with Crippen LogP contribution in [0.4, 0.5) is 0 Å². The molecule has 3 aromatic heterocycles. The van der Waals surface area contributed by atoms with E-state index in [2.05, 4.69) is 4.98 Å². The van der Waals surface area contributed by atoms with Gasteiger partial charge in [-0.25, -0.2) is 9.78 Å². The quantitative estimate of drug-likeness (QED) is 0.185. The van der Waals surface area contributed by atoms with Crippen molar-refractivity contribution in [2.24, 2.45) is 0 Å². The van der Waals surface area contributed by atoms with Crippen molar-refractivity contribution in [3.8, 4) is 11.3 Å². The number of fused-ring (bicyclic) bond motifs is 1. The highest BCUT2D eigenvalue weighted by atomic mass is 35.5. The molecule has 0 N–H and O–H groups in total. The molecular formula is C29H23ClN2O4. The van der Waals surface area contributed by atoms with Gasteiger partial charge in [-0.1, -0.05) is 48.0 Å². The third kappa shape index (κ3) is 4.55. The van der Waals surface area contributed by atoms with Gasteiger partial charge in [-0.3, -0.25) is 4.79 Å². The van der Waals surface area contributed by atoms with Gasteiger partial charge in [-0.2, -0.15) is 0 Å². The highest BCUT2D eigenvalue weighted by Crippen LogP contribution is 2.30. The number of nitrogens with zero attached hydrogens (tertiary/aromatic N) is 2. The highest BCUT2D eigenvalue weighted by molar-refractivity contribution is 6.33. The van der Waals surface area contributed by atoms with E-state index in [0.29, 0.717) is 44.9 Å². The average molecular weight is 499 g/mol. The smallest absolute Gasteiger partial charge is 0.339 e. The number of aryl methyl sites for hydroxylation is 1. The molecule has 0 saturated heterocycles. The molecule has 180 valence electrons. The monoisotopic (exact) mass is 498 g/mol. The number of hydrogen-bond acceptors (Lipinski definition) is 5. The summed E-state index contributed by atoms with van der Waals surface area (Å²) in [5.74, 6) is -0.0763. The summed E-state index contributed by atoms with van der Waals surface area (Å²) in [7, 11) is 0. The number of benzene rings is 2. The molecule has 0 aliphatic rings. The van der Waals surface area contributed by atoms with Crippen molar-refractivity contribution in [1.82, 2.24) is 9.55 Å². The number of ether oxygens (including phenoxy) is 1. The molecule has 5 aromatic rings. The third-order valence-electron chi connectivity index (χ3n) is 6.19. The van der Waals surface area contributed by atoms with Crippen molar-refractivity contribution < 1.29 is 18.7 Å². The van der Waals surface area contributed by atoms with Crippen molar-refractivity contribution in [3.05, 3.63) is 112 Å². The second-order valence-electron chi connectivity index (χ2n) is 8.50. The summed E-state index contributed by atoms with van der Waals surface area (Å²) in [5.41, 5.74) is 4.45. The van der Waals surface area contributed by atoms with Gasteiger partial charge in [-0.05, 0) is 50.2 Å². The molecule has 36 heavy (non-hydrogen) atoms. The van der Waals surface area contributed by atoms with E-state index in [1.165, 1.54) is 0 Å². The summed E-state index contributed by atoms with van der Waals surface area (Å²) in [6.07, 6.45) is 1.62. The number of ketones is 1. The summed E-state index contributed by atoms with van der Waals surface area (Å²) in [5, 5.41) is 1.17. The third-order valence-corrected chi connectivity index (χ3v) is 6.52. The van der Waals surface area contributed by atoms with Crippen molar-refractivity contribution in [2.75, 3.05) is 6.61 Å². The van der Waals surface area contributed by atoms with Crippen LogP contribution in [0.25, 0.3) is 22.2 Å². The van der Waals surface area contributed by atoms with E-state index in [9.17, 15) is 9.59 Å². The first kappa shape index (κ1) is 23.6. The van der Waals surface area contributed by atoms with Crippen molar-refractivity contribution in [1.29, 1.82) is 0 Å². The van der Waals surface area contributed by atoms with E-state index in [-0.39, 0.29) is 12.4 Å². The number of aromatic nitrogens is 2. The summed E-state index contributed by atoms with van der Waals surface area (Å²) in [6, 6.07) is 21.8. The molecule has 6 nitrogen and oxygen atoms in total. The minimum Gasteiger partial charge on any atom is -0.467 e. The van der Waals surface area contributed by atoms with Gasteiger partial charge in [0.05, 0.1) is 29.6 Å². The Labute approximate surface area is 213 Å². The molecule has 5 rings (SSSR count). The molecule has 0 radical (unpaired) electrons. The number of carbonyl (C=O) groups excluding carboxylic acids is 2. The van der Waals surface area contributed by atoms with Gasteiger partial charge in [0.15, 0.2) is 6.61 Å². The maximum atomic E-state index is 13.2. The van der Waals surface area contributed by atoms with Crippen LogP contribution in [-0.2, 0) is 11.3 Å². The number of halogens is 1. The minimum absolute atomic E-state index is 0.271. The molecule has 0 atom stereocenters. The fourth-order valence-corrected chi connectivity index (χ4v) is 4.56. The Morgan fingerprint density at radius 2 is 1.75 bits per heavy atom. The van der Waals surface area contributed by atoms with E-state index < -0.39 is 5.97 Å². The van der Waals surface area contributed by atoms with Crippen LogP contribution in [-0.4, -0.2) is 27.9 Å². The first-order valence-electron chi connectivity index (χ1n) is 11.5. The van der Waals surface area contributed by atoms with Gasteiger partial charge in [0, 0.05) is 32.9 Å². The molecule has 0 amide bonds. The zero-order valence-corrected chi connectivity index (χ0v) is 20.6. The predicted molar refractivity (Wildman–Crippen MR) is 139 cm³/mol. The van der Waals surface area contributed by atoms with Crippen molar-refractivity contribution in [2.45, 2.75) is 20.4 Å². The zero-order chi connectivity index (χ0) is 25.2. The minimum atomic E-state index is -0.598. The van der Waals surface area contributed by atoms with Gasteiger partial charge in [0.1, 0.15) is 5.76 Å². The maximum Gasteiger partial charge on any atom is 0.339 e. The Bertz CT molecular complexity index is 1580. The van der Waals surface area contributed by atoms with Crippen LogP contribution < -0.4 is 0 Å². The topological polar surface area (TPSA) is 74.3 Å². The Hall–Kier alpha value is -4.16. The SMILES string of the molecule is Cc1cc(C(=O)COC(=O)c2cc(-c3ccccc3Cl)nc3ccccc23)c(C)n1Cc1ccco1. The first-order valence-corrected chi connectivity index (χ1v) is 11.8. The zero-order valence-electron chi connectivity index (χ0n) is 19.8. The molecule has 0 fully saturated rings. The predicted octanol–water partition coefficient (Wildman–Crippen LogP) is 6.65. The lowest BCUT2D eigenvalue weighted by atomic mass is 10.0. The van der Waals surface area contributed by atoms with Gasteiger partial charge in [-0.15, -0.1) is 0 Å². The summed E-state index contributed by atoms with van der Waals surface area (Å²) in [4.78, 5) is 30.9. The largest absolute Gasteiger partial charge is 0.467 e. The fraction of sp³-hybridized carbons (Fsp3) is 0.138. The molecular weight excluding hydrogens is 476 g/mol. The van der Waals surface area contributed by atoms with Gasteiger partial charge in [0.2, 0.25) is 5.78 Å². The van der Waals surface area contributed by atoms with Gasteiger partial charge >= 0.3 is 5.97 Å². The van der Waals surface area contributed by atoms with Crippen LogP contribution in [0.15, 0.2) is 83.5 Å². The highest BCUT2D eigenvalue weighted by Gasteiger charge is 2.20. The molecule has 0 aliphatic heterocycles. The van der Waals surface area contributed by atoms with E-state index in [1.807, 2.05) is 73.0 Å². The van der Waals surface area contributed by atoms with Crippen LogP contribution in [0.2, 0.25) is 5.02 Å². The van der Waals surface area contributed by atoms with E-state index in [0.717, 1.165) is 17.1 Å². The Morgan fingerprint density at radius 3 is 2.53 bits per heavy atom. The summed E-state index contributed by atoms with van der Waals surface area (Å²) < 4.78 is 12.9. The van der Waals surface area contributed by atoms with E-state index in [1.54, 1.807) is 24.5 Å². The Kier molecular flexibility index (Phi) is 6.44. The molecule has 3 heterocycles. The molecule has 0 unspecified atom stereocenters. The Balaban J connectivity index is 1.40. The van der Waals surface area contributed by atoms with Crippen LogP contribution in [0.5, 0.6) is 0 Å². The molecule has 0 spiro atoms. The number of carbonyl (C=O) groups is 2. The molecule has 0 saturated carbocycles. The van der Waals surface area contributed by atoms with E-state index in [4.69, 9.17) is 20.8 Å². The molecule has 2 aromatic carbocycles. The lowest BCUT2D eigenvalue weighted by Gasteiger charge is -2.11. The number of Topliss-reactive ketones (excluding diaryl/α,β-unsaturated/α-hetero) is 1. The molecule has 7 heteroatoms. The van der Waals surface area contributed by atoms with Gasteiger partial charge < -0.3 is 13.7 Å². The first-order chi connectivity index (χ1) is 17.4. The normalized spacial score (nSPS) is 11.1. The summed E-state index contributed by atoms with van der Waals surface area (Å²) >= 11 is 6.38. The van der Waals surface area contributed by atoms with Crippen molar-refractivity contribution in [3.63, 3.8) is 0 Å². The Morgan fingerprint density at radius 1 is 0.972 bits per heavy atom. The molecule has 0 aliphatic carbocycles. The van der Waals surface area contributed by atoms with Crippen LogP contribution in [0.3, 0.4) is 0 Å².